The summed E-state index contributed by atoms with van der Waals surface area (Å²) in [6.45, 7) is 2.00. The summed E-state index contributed by atoms with van der Waals surface area (Å²) < 4.78 is 10.5. The van der Waals surface area contributed by atoms with Crippen LogP contribution in [0.5, 0.6) is 0 Å². The Kier molecular flexibility index (Phi) is 5.88. The van der Waals surface area contributed by atoms with Crippen LogP contribution in [-0.2, 0) is 20.7 Å². The number of methoxy groups -OCH3 is 1. The monoisotopic (exact) mass is 347 g/mol. The van der Waals surface area contributed by atoms with Gasteiger partial charge in [0.25, 0.3) is 5.91 Å². The molecule has 0 aliphatic carbocycles. The Labute approximate surface area is 147 Å². The van der Waals surface area contributed by atoms with Crippen LogP contribution < -0.4 is 15.5 Å². The van der Waals surface area contributed by atoms with Gasteiger partial charge < -0.3 is 25.0 Å². The van der Waals surface area contributed by atoms with E-state index in [2.05, 4.69) is 10.6 Å². The number of hydrogen-bond donors (Lipinski definition) is 2. The number of rotatable bonds is 5. The molecule has 2 aliphatic heterocycles. The molecule has 1 atom stereocenters. The van der Waals surface area contributed by atoms with E-state index in [1.54, 1.807) is 4.90 Å². The minimum absolute atomic E-state index is 0.0545. The zero-order valence-electron chi connectivity index (χ0n) is 14.5. The second-order valence-electron chi connectivity index (χ2n) is 6.40. The first-order chi connectivity index (χ1) is 12.2. The standard InChI is InChI=1S/C18H25N3O4/c1-24-12-17(22)21-8-2-4-13-6-7-14(10-16(13)21)20-18(23)19-11-15-5-3-9-25-15/h6-7,10,15H,2-5,8-9,11-12H2,1H3,(H2,19,20,23). The van der Waals surface area contributed by atoms with Gasteiger partial charge in [-0.2, -0.15) is 0 Å². The Bertz CT molecular complexity index is 629. The average molecular weight is 347 g/mol. The van der Waals surface area contributed by atoms with Crippen molar-refractivity contribution in [2.45, 2.75) is 31.8 Å². The number of anilines is 2. The van der Waals surface area contributed by atoms with Gasteiger partial charge in [-0.05, 0) is 43.4 Å². The van der Waals surface area contributed by atoms with Crippen molar-refractivity contribution >= 4 is 23.3 Å². The SMILES string of the molecule is COCC(=O)N1CCCc2ccc(NC(=O)NCC3CCCO3)cc21. The Morgan fingerprint density at radius 1 is 1.36 bits per heavy atom. The molecule has 1 saturated heterocycles. The summed E-state index contributed by atoms with van der Waals surface area (Å²) >= 11 is 0. The summed E-state index contributed by atoms with van der Waals surface area (Å²) in [6.07, 6.45) is 3.99. The Morgan fingerprint density at radius 3 is 3.00 bits per heavy atom. The minimum Gasteiger partial charge on any atom is -0.376 e. The number of nitrogens with zero attached hydrogens (tertiary/aromatic N) is 1. The fourth-order valence-electron chi connectivity index (χ4n) is 3.30. The van der Waals surface area contributed by atoms with E-state index in [1.807, 2.05) is 18.2 Å². The summed E-state index contributed by atoms with van der Waals surface area (Å²) in [5.74, 6) is -0.0663. The molecule has 3 rings (SSSR count). The van der Waals surface area contributed by atoms with Crippen molar-refractivity contribution in [3.05, 3.63) is 23.8 Å². The van der Waals surface area contributed by atoms with Crippen LogP contribution >= 0.6 is 0 Å². The van der Waals surface area contributed by atoms with E-state index in [-0.39, 0.29) is 24.6 Å². The van der Waals surface area contributed by atoms with E-state index in [9.17, 15) is 9.59 Å². The van der Waals surface area contributed by atoms with Crippen LogP contribution in [0, 0.1) is 0 Å². The quantitative estimate of drug-likeness (QED) is 0.853. The summed E-state index contributed by atoms with van der Waals surface area (Å²) in [7, 11) is 1.51. The maximum absolute atomic E-state index is 12.2. The van der Waals surface area contributed by atoms with Crippen LogP contribution in [0.2, 0.25) is 0 Å². The lowest BCUT2D eigenvalue weighted by atomic mass is 10.0. The number of carbonyl (C=O) groups is 2. The minimum atomic E-state index is -0.263. The van der Waals surface area contributed by atoms with Crippen LogP contribution in [0.15, 0.2) is 18.2 Å². The third kappa shape index (κ3) is 4.49. The first kappa shape index (κ1) is 17.7. The number of urea groups is 1. The van der Waals surface area contributed by atoms with Gasteiger partial charge in [0.05, 0.1) is 6.10 Å². The number of ether oxygens (including phenoxy) is 2. The smallest absolute Gasteiger partial charge is 0.319 e. The van der Waals surface area contributed by atoms with Crippen LogP contribution in [0.4, 0.5) is 16.2 Å². The molecule has 0 bridgehead atoms. The predicted molar refractivity (Wildman–Crippen MR) is 95.0 cm³/mol. The zero-order chi connectivity index (χ0) is 17.6. The number of carbonyl (C=O) groups excluding carboxylic acids is 2. The van der Waals surface area contributed by atoms with Gasteiger partial charge in [-0.3, -0.25) is 4.79 Å². The van der Waals surface area contributed by atoms with Crippen molar-refractivity contribution in [1.82, 2.24) is 5.32 Å². The molecule has 7 heteroatoms. The lowest BCUT2D eigenvalue weighted by Crippen LogP contribution is -2.38. The van der Waals surface area contributed by atoms with E-state index in [4.69, 9.17) is 9.47 Å². The van der Waals surface area contributed by atoms with Crippen molar-refractivity contribution < 1.29 is 19.1 Å². The summed E-state index contributed by atoms with van der Waals surface area (Å²) in [6, 6.07) is 5.43. The first-order valence-corrected chi connectivity index (χ1v) is 8.76. The van der Waals surface area contributed by atoms with Crippen molar-refractivity contribution in [2.75, 3.05) is 43.6 Å². The predicted octanol–water partition coefficient (Wildman–Crippen LogP) is 1.91. The molecule has 0 saturated carbocycles. The lowest BCUT2D eigenvalue weighted by molar-refractivity contribution is -0.122. The van der Waals surface area contributed by atoms with Crippen LogP contribution in [0.3, 0.4) is 0 Å². The van der Waals surface area contributed by atoms with Gasteiger partial charge >= 0.3 is 6.03 Å². The van der Waals surface area contributed by atoms with Gasteiger partial charge in [-0.15, -0.1) is 0 Å². The summed E-state index contributed by atoms with van der Waals surface area (Å²) in [5.41, 5.74) is 2.63. The highest BCUT2D eigenvalue weighted by molar-refractivity contribution is 5.97. The topological polar surface area (TPSA) is 79.9 Å². The molecule has 136 valence electrons. The molecule has 1 aromatic rings. The first-order valence-electron chi connectivity index (χ1n) is 8.76. The largest absolute Gasteiger partial charge is 0.376 e. The zero-order valence-corrected chi connectivity index (χ0v) is 14.5. The number of hydrogen-bond acceptors (Lipinski definition) is 4. The third-order valence-electron chi connectivity index (χ3n) is 4.54. The van der Waals surface area contributed by atoms with Crippen molar-refractivity contribution in [2.24, 2.45) is 0 Å². The van der Waals surface area contributed by atoms with E-state index in [0.717, 1.165) is 43.5 Å². The van der Waals surface area contributed by atoms with E-state index in [1.165, 1.54) is 7.11 Å². The Morgan fingerprint density at radius 2 is 2.24 bits per heavy atom. The van der Waals surface area contributed by atoms with Gasteiger partial charge in [0.2, 0.25) is 0 Å². The highest BCUT2D eigenvalue weighted by Crippen LogP contribution is 2.30. The lowest BCUT2D eigenvalue weighted by Gasteiger charge is -2.30. The molecule has 0 radical (unpaired) electrons. The van der Waals surface area contributed by atoms with Gasteiger partial charge in [0.1, 0.15) is 6.61 Å². The molecule has 7 nitrogen and oxygen atoms in total. The fourth-order valence-corrected chi connectivity index (χ4v) is 3.30. The number of amides is 3. The molecular formula is C18H25N3O4. The summed E-state index contributed by atoms with van der Waals surface area (Å²) in [5, 5.41) is 5.66. The van der Waals surface area contributed by atoms with E-state index in [0.29, 0.717) is 18.8 Å². The maximum Gasteiger partial charge on any atom is 0.319 e. The van der Waals surface area contributed by atoms with E-state index >= 15 is 0 Å². The molecule has 2 N–H and O–H groups in total. The highest BCUT2D eigenvalue weighted by Gasteiger charge is 2.23. The molecule has 1 aromatic carbocycles. The van der Waals surface area contributed by atoms with Crippen molar-refractivity contribution in [1.29, 1.82) is 0 Å². The Hall–Kier alpha value is -2.12. The normalized spacial score (nSPS) is 19.4. The molecule has 0 aromatic heterocycles. The molecule has 3 amide bonds. The molecule has 2 aliphatic rings. The molecule has 2 heterocycles. The van der Waals surface area contributed by atoms with Crippen molar-refractivity contribution in [3.8, 4) is 0 Å². The Balaban J connectivity index is 1.63. The molecule has 1 unspecified atom stereocenters. The van der Waals surface area contributed by atoms with Gasteiger partial charge in [0.15, 0.2) is 0 Å². The average Bonchev–Trinajstić information content (AvgIpc) is 3.13. The third-order valence-corrected chi connectivity index (χ3v) is 4.54. The highest BCUT2D eigenvalue weighted by atomic mass is 16.5. The van der Waals surface area contributed by atoms with Crippen LogP contribution in [-0.4, -0.2) is 51.5 Å². The fraction of sp³-hybridized carbons (Fsp3) is 0.556. The number of benzene rings is 1. The molecule has 25 heavy (non-hydrogen) atoms. The van der Waals surface area contributed by atoms with Gasteiger partial charge in [-0.25, -0.2) is 4.79 Å². The van der Waals surface area contributed by atoms with Crippen LogP contribution in [0.25, 0.3) is 0 Å². The maximum atomic E-state index is 12.2. The molecular weight excluding hydrogens is 322 g/mol. The van der Waals surface area contributed by atoms with Crippen molar-refractivity contribution in [3.63, 3.8) is 0 Å². The number of aryl methyl sites for hydroxylation is 1. The van der Waals surface area contributed by atoms with Gasteiger partial charge in [-0.1, -0.05) is 6.07 Å². The number of nitrogens with one attached hydrogen (secondary N) is 2. The number of fused-ring (bicyclic) bond motifs is 1. The molecule has 0 spiro atoms. The van der Waals surface area contributed by atoms with E-state index < -0.39 is 0 Å². The summed E-state index contributed by atoms with van der Waals surface area (Å²) in [4.78, 5) is 26.0. The van der Waals surface area contributed by atoms with Gasteiger partial charge in [0, 0.05) is 38.2 Å². The molecule has 1 fully saturated rings. The second-order valence-corrected chi connectivity index (χ2v) is 6.40. The second kappa shape index (κ2) is 8.31. The van der Waals surface area contributed by atoms with Crippen LogP contribution in [0.1, 0.15) is 24.8 Å².